The number of piperidine rings is 1. The molecule has 172 valence electrons. The molecule has 4 aromatic rings. The van der Waals surface area contributed by atoms with E-state index in [2.05, 4.69) is 26.4 Å². The molecule has 6 N–H and O–H groups in total. The number of rotatable bonds is 3. The minimum Gasteiger partial charge on any atom is -0.384 e. The molecule has 2 aliphatic heterocycles. The molecule has 0 spiro atoms. The molecule has 0 radical (unpaired) electrons. The van der Waals surface area contributed by atoms with E-state index in [-0.39, 0.29) is 29.7 Å². The summed E-state index contributed by atoms with van der Waals surface area (Å²) < 4.78 is 1.67. The van der Waals surface area contributed by atoms with Gasteiger partial charge in [-0.2, -0.15) is 14.7 Å². The number of H-pyrrole nitrogens is 1. The van der Waals surface area contributed by atoms with Gasteiger partial charge in [-0.3, -0.25) is 15.3 Å². The summed E-state index contributed by atoms with van der Waals surface area (Å²) in [5.41, 5.74) is 16.7. The van der Waals surface area contributed by atoms with Crippen LogP contribution in [0, 0.1) is 5.41 Å². The van der Waals surface area contributed by atoms with Crippen molar-refractivity contribution in [1.29, 1.82) is 5.41 Å². The van der Waals surface area contributed by atoms with Crippen LogP contribution in [0.1, 0.15) is 37.3 Å². The summed E-state index contributed by atoms with van der Waals surface area (Å²) in [5, 5.41) is 19.6. The zero-order valence-electron chi connectivity index (χ0n) is 18.3. The average molecular weight is 457 g/mol. The van der Waals surface area contributed by atoms with E-state index in [4.69, 9.17) is 21.9 Å². The fourth-order valence-electron chi connectivity index (χ4n) is 5.54. The first-order valence-electron chi connectivity index (χ1n) is 11.3. The minimum atomic E-state index is -0.287. The van der Waals surface area contributed by atoms with Gasteiger partial charge in [0, 0.05) is 40.7 Å². The highest BCUT2D eigenvalue weighted by molar-refractivity contribution is 6.38. The maximum absolute atomic E-state index is 12.8. The van der Waals surface area contributed by atoms with Crippen LogP contribution in [0.15, 0.2) is 41.7 Å². The van der Waals surface area contributed by atoms with Gasteiger partial charge in [-0.15, -0.1) is 0 Å². The number of amides is 1. The lowest BCUT2D eigenvalue weighted by molar-refractivity contribution is -0.128. The number of nitrogens with zero attached hydrogens (tertiary/aromatic N) is 6. The number of nitrogen functional groups attached to an aromatic ring is 1. The molecule has 11 nitrogen and oxygen atoms in total. The molecule has 2 atom stereocenters. The second-order valence-electron chi connectivity index (χ2n) is 8.98. The number of nitrogens with one attached hydrogen (secondary N) is 2. The third kappa shape index (κ3) is 3.11. The zero-order valence-corrected chi connectivity index (χ0v) is 18.3. The lowest BCUT2D eigenvalue weighted by Gasteiger charge is -2.38. The summed E-state index contributed by atoms with van der Waals surface area (Å²) in [6.07, 6.45) is 7.80. The van der Waals surface area contributed by atoms with Gasteiger partial charge in [-0.1, -0.05) is 6.07 Å². The second kappa shape index (κ2) is 7.65. The Bertz CT molecular complexity index is 1450. The Labute approximate surface area is 194 Å². The lowest BCUT2D eigenvalue weighted by Crippen LogP contribution is -2.50. The molecule has 0 saturated carbocycles. The van der Waals surface area contributed by atoms with Gasteiger partial charge in [0.15, 0.2) is 11.5 Å². The smallest absolute Gasteiger partial charge is 0.289 e. The number of anilines is 1. The molecule has 1 aromatic carbocycles. The van der Waals surface area contributed by atoms with Crippen molar-refractivity contribution in [3.63, 3.8) is 0 Å². The van der Waals surface area contributed by atoms with Gasteiger partial charge in [0.2, 0.25) is 0 Å². The molecule has 5 heterocycles. The SMILES string of the molecule is N=CN=C(N)C(=O)N1C2CCC1CC(c1cc(N)n3ncc(-c4ccc5[nH]ncc5c4)c3n1)C2. The normalized spacial score (nSPS) is 22.5. The molecule has 1 amide bonds. The number of nitrogens with two attached hydrogens (primary N) is 2. The topological polar surface area (TPSA) is 167 Å². The largest absolute Gasteiger partial charge is 0.384 e. The molecule has 6 rings (SSSR count). The Morgan fingerprint density at radius 1 is 1.21 bits per heavy atom. The summed E-state index contributed by atoms with van der Waals surface area (Å²) in [7, 11) is 0. The zero-order chi connectivity index (χ0) is 23.4. The third-order valence-corrected chi connectivity index (χ3v) is 7.08. The average Bonchev–Trinajstić information content (AvgIpc) is 3.54. The van der Waals surface area contributed by atoms with E-state index in [9.17, 15) is 4.79 Å². The number of hydrogen-bond donors (Lipinski definition) is 4. The fourth-order valence-corrected chi connectivity index (χ4v) is 5.54. The van der Waals surface area contributed by atoms with Crippen molar-refractivity contribution < 1.29 is 4.79 Å². The van der Waals surface area contributed by atoms with Crippen molar-refractivity contribution in [1.82, 2.24) is 29.7 Å². The summed E-state index contributed by atoms with van der Waals surface area (Å²) in [5.74, 6) is 0.287. The van der Waals surface area contributed by atoms with Gasteiger partial charge in [-0.05, 0) is 43.4 Å². The van der Waals surface area contributed by atoms with Gasteiger partial charge >= 0.3 is 0 Å². The molecule has 2 unspecified atom stereocenters. The van der Waals surface area contributed by atoms with Crippen LogP contribution in [-0.4, -0.2) is 59.9 Å². The Hall–Kier alpha value is -4.28. The molecule has 34 heavy (non-hydrogen) atoms. The number of fused-ring (bicyclic) bond motifs is 4. The number of carbonyl (C=O) groups is 1. The van der Waals surface area contributed by atoms with Crippen LogP contribution in [0.4, 0.5) is 5.82 Å². The van der Waals surface area contributed by atoms with E-state index < -0.39 is 0 Å². The van der Waals surface area contributed by atoms with E-state index in [1.54, 1.807) is 16.9 Å². The van der Waals surface area contributed by atoms with E-state index >= 15 is 0 Å². The van der Waals surface area contributed by atoms with Crippen molar-refractivity contribution in [3.8, 4) is 11.1 Å². The van der Waals surface area contributed by atoms with Crippen molar-refractivity contribution >= 4 is 40.4 Å². The molecule has 2 aliphatic rings. The first-order chi connectivity index (χ1) is 16.5. The van der Waals surface area contributed by atoms with E-state index in [1.165, 1.54) is 0 Å². The Morgan fingerprint density at radius 3 is 2.76 bits per heavy atom. The molecular weight excluding hydrogens is 432 g/mol. The summed E-state index contributed by atoms with van der Waals surface area (Å²) >= 11 is 0. The summed E-state index contributed by atoms with van der Waals surface area (Å²) in [6.45, 7) is 0. The van der Waals surface area contributed by atoms with Crippen molar-refractivity contribution in [2.45, 2.75) is 43.7 Å². The van der Waals surface area contributed by atoms with Gasteiger partial charge in [-0.25, -0.2) is 9.98 Å². The van der Waals surface area contributed by atoms with Crippen molar-refractivity contribution in [3.05, 3.63) is 42.4 Å². The number of amidine groups is 1. The summed E-state index contributed by atoms with van der Waals surface area (Å²) in [4.78, 5) is 23.3. The van der Waals surface area contributed by atoms with E-state index in [1.807, 2.05) is 23.1 Å². The highest BCUT2D eigenvalue weighted by Crippen LogP contribution is 2.43. The van der Waals surface area contributed by atoms with Crippen LogP contribution in [-0.2, 0) is 4.79 Å². The Balaban J connectivity index is 1.34. The molecule has 3 aromatic heterocycles. The number of benzene rings is 1. The van der Waals surface area contributed by atoms with Crippen molar-refractivity contribution in [2.75, 3.05) is 5.73 Å². The summed E-state index contributed by atoms with van der Waals surface area (Å²) in [6, 6.07) is 8.12. The predicted molar refractivity (Wildman–Crippen MR) is 129 cm³/mol. The van der Waals surface area contributed by atoms with Gasteiger partial charge in [0.25, 0.3) is 5.91 Å². The van der Waals surface area contributed by atoms with Crippen LogP contribution >= 0.6 is 0 Å². The molecule has 2 saturated heterocycles. The maximum atomic E-state index is 12.8. The Kier molecular flexibility index (Phi) is 4.57. The lowest BCUT2D eigenvalue weighted by atomic mass is 9.87. The highest BCUT2D eigenvalue weighted by atomic mass is 16.2. The van der Waals surface area contributed by atoms with Gasteiger partial charge in [0.1, 0.15) is 12.2 Å². The predicted octanol–water partition coefficient (Wildman–Crippen LogP) is 2.06. The van der Waals surface area contributed by atoms with E-state index in [0.29, 0.717) is 11.5 Å². The van der Waals surface area contributed by atoms with Crippen molar-refractivity contribution in [2.24, 2.45) is 10.7 Å². The van der Waals surface area contributed by atoms with Crippen LogP contribution in [0.3, 0.4) is 0 Å². The maximum Gasteiger partial charge on any atom is 0.289 e. The quantitative estimate of drug-likeness (QED) is 0.272. The number of carbonyl (C=O) groups excluding carboxylic acids is 1. The van der Waals surface area contributed by atoms with Gasteiger partial charge < -0.3 is 16.4 Å². The second-order valence-corrected chi connectivity index (χ2v) is 8.98. The third-order valence-electron chi connectivity index (χ3n) is 7.08. The van der Waals surface area contributed by atoms with E-state index in [0.717, 1.165) is 59.7 Å². The number of aromatic amines is 1. The molecule has 0 aliphatic carbocycles. The number of aliphatic imine (C=N–C) groups is 1. The first kappa shape index (κ1) is 20.3. The first-order valence-corrected chi connectivity index (χ1v) is 11.3. The van der Waals surface area contributed by atoms with Gasteiger partial charge in [0.05, 0.1) is 17.9 Å². The van der Waals surface area contributed by atoms with Crippen LogP contribution < -0.4 is 11.5 Å². The molecule has 2 fully saturated rings. The van der Waals surface area contributed by atoms with Crippen LogP contribution in [0.25, 0.3) is 27.7 Å². The van der Waals surface area contributed by atoms with Crippen LogP contribution in [0.5, 0.6) is 0 Å². The fraction of sp³-hybridized carbons (Fsp3) is 0.304. The van der Waals surface area contributed by atoms with Crippen LogP contribution in [0.2, 0.25) is 0 Å². The monoisotopic (exact) mass is 456 g/mol. The molecule has 11 heteroatoms. The molecule has 2 bridgehead atoms. The highest BCUT2D eigenvalue weighted by Gasteiger charge is 2.44. The standard InChI is InChI=1S/C23H24N10O/c24-11-27-21(26)23(34)32-15-2-3-16(32)7-13(6-15)19-8-20(25)33-22(30-19)17(10-29-33)12-1-4-18-14(5-12)9-28-31-18/h1,4-5,8-11,13,15-16H,2-3,6-7,25H2,(H,28,31)(H3,24,26,27). The minimum absolute atomic E-state index is 0.0721. The molecular formula is C23H24N10O. The number of aromatic nitrogens is 5. The number of hydrogen-bond acceptors (Lipinski definition) is 6. The Morgan fingerprint density at radius 2 is 2.00 bits per heavy atom.